The lowest BCUT2D eigenvalue weighted by molar-refractivity contribution is 0.749. The first-order valence-corrected chi connectivity index (χ1v) is 8.87. The number of benzene rings is 1. The van der Waals surface area contributed by atoms with Gasteiger partial charge in [0.05, 0.1) is 17.1 Å². The lowest BCUT2D eigenvalue weighted by Gasteiger charge is -2.06. The van der Waals surface area contributed by atoms with Crippen molar-refractivity contribution >= 4 is 23.0 Å². The van der Waals surface area contributed by atoms with Crippen LogP contribution in [0.4, 0.5) is 11.4 Å². The highest BCUT2D eigenvalue weighted by Crippen LogP contribution is 2.20. The van der Waals surface area contributed by atoms with Crippen molar-refractivity contribution in [2.24, 2.45) is 10.2 Å². The maximum absolute atomic E-state index is 12.7. The summed E-state index contributed by atoms with van der Waals surface area (Å²) in [6.45, 7) is 5.44. The SMILES string of the molecule is CCCc1c(C)nc(-n2[nH]c(C)c(N=Nc3ccc(Cl)cc3)c2=O)[nH]c1=O. The second-order valence-electron chi connectivity index (χ2n) is 6.11. The van der Waals surface area contributed by atoms with Crippen LogP contribution in [0.25, 0.3) is 5.95 Å². The molecule has 0 unspecified atom stereocenters. The number of rotatable bonds is 5. The highest BCUT2D eigenvalue weighted by molar-refractivity contribution is 6.30. The number of hydrogen-bond acceptors (Lipinski definition) is 5. The van der Waals surface area contributed by atoms with E-state index in [0.29, 0.717) is 34.1 Å². The third-order valence-corrected chi connectivity index (χ3v) is 4.31. The van der Waals surface area contributed by atoms with Crippen molar-refractivity contribution in [1.82, 2.24) is 19.7 Å². The number of nitrogens with one attached hydrogen (secondary N) is 2. The van der Waals surface area contributed by atoms with Gasteiger partial charge in [-0.15, -0.1) is 5.11 Å². The largest absolute Gasteiger partial charge is 0.301 e. The van der Waals surface area contributed by atoms with Gasteiger partial charge in [0.25, 0.3) is 5.56 Å². The predicted octanol–water partition coefficient (Wildman–Crippen LogP) is 3.89. The third kappa shape index (κ3) is 3.90. The molecule has 0 atom stereocenters. The van der Waals surface area contributed by atoms with Gasteiger partial charge in [-0.3, -0.25) is 19.7 Å². The van der Waals surface area contributed by atoms with Gasteiger partial charge in [0, 0.05) is 10.6 Å². The number of halogens is 1. The summed E-state index contributed by atoms with van der Waals surface area (Å²) in [5, 5.41) is 11.6. The second-order valence-corrected chi connectivity index (χ2v) is 6.54. The highest BCUT2D eigenvalue weighted by atomic mass is 35.5. The first kappa shape index (κ1) is 18.8. The van der Waals surface area contributed by atoms with Crippen molar-refractivity contribution in [3.63, 3.8) is 0 Å². The van der Waals surface area contributed by atoms with Crippen LogP contribution in [-0.4, -0.2) is 19.7 Å². The molecule has 8 nitrogen and oxygen atoms in total. The molecule has 0 spiro atoms. The molecule has 0 fully saturated rings. The lowest BCUT2D eigenvalue weighted by atomic mass is 10.1. The van der Waals surface area contributed by atoms with Crippen LogP contribution >= 0.6 is 11.6 Å². The number of nitrogens with zero attached hydrogens (tertiary/aromatic N) is 4. The summed E-state index contributed by atoms with van der Waals surface area (Å²) < 4.78 is 1.16. The molecule has 2 N–H and O–H groups in total. The molecule has 0 aliphatic carbocycles. The van der Waals surface area contributed by atoms with Crippen molar-refractivity contribution in [1.29, 1.82) is 0 Å². The average Bonchev–Trinajstić information content (AvgIpc) is 2.92. The zero-order valence-corrected chi connectivity index (χ0v) is 16.0. The molecule has 0 saturated carbocycles. The van der Waals surface area contributed by atoms with E-state index < -0.39 is 5.56 Å². The first-order chi connectivity index (χ1) is 12.9. The Bertz CT molecular complexity index is 1110. The van der Waals surface area contributed by atoms with Gasteiger partial charge >= 0.3 is 5.56 Å². The summed E-state index contributed by atoms with van der Waals surface area (Å²) in [7, 11) is 0. The fourth-order valence-electron chi connectivity index (χ4n) is 2.67. The minimum Gasteiger partial charge on any atom is -0.291 e. The smallest absolute Gasteiger partial charge is 0.291 e. The van der Waals surface area contributed by atoms with Crippen LogP contribution in [0.15, 0.2) is 44.1 Å². The van der Waals surface area contributed by atoms with E-state index in [9.17, 15) is 9.59 Å². The van der Waals surface area contributed by atoms with E-state index in [1.165, 1.54) is 0 Å². The fourth-order valence-corrected chi connectivity index (χ4v) is 2.79. The second kappa shape index (κ2) is 7.71. The molecule has 0 bridgehead atoms. The summed E-state index contributed by atoms with van der Waals surface area (Å²) in [6, 6.07) is 6.77. The van der Waals surface area contributed by atoms with E-state index in [4.69, 9.17) is 11.6 Å². The highest BCUT2D eigenvalue weighted by Gasteiger charge is 2.15. The summed E-state index contributed by atoms with van der Waals surface area (Å²) in [5.41, 5.74) is 1.74. The van der Waals surface area contributed by atoms with E-state index in [1.54, 1.807) is 38.1 Å². The Hall–Kier alpha value is -3.00. The Morgan fingerprint density at radius 1 is 1.15 bits per heavy atom. The van der Waals surface area contributed by atoms with Crippen LogP contribution < -0.4 is 11.1 Å². The number of aryl methyl sites for hydroxylation is 2. The molecule has 27 heavy (non-hydrogen) atoms. The Labute approximate surface area is 159 Å². The van der Waals surface area contributed by atoms with E-state index in [0.717, 1.165) is 11.1 Å². The van der Waals surface area contributed by atoms with E-state index in [2.05, 4.69) is 25.3 Å². The maximum Gasteiger partial charge on any atom is 0.301 e. The molecule has 1 aromatic carbocycles. The van der Waals surface area contributed by atoms with Gasteiger partial charge in [-0.05, 0) is 44.5 Å². The number of H-pyrrole nitrogens is 2. The molecule has 140 valence electrons. The van der Waals surface area contributed by atoms with E-state index >= 15 is 0 Å². The van der Waals surface area contributed by atoms with Crippen molar-refractivity contribution in [3.05, 3.63) is 66.9 Å². The normalized spacial score (nSPS) is 11.4. The lowest BCUT2D eigenvalue weighted by Crippen LogP contribution is -2.24. The van der Waals surface area contributed by atoms with Crippen LogP contribution in [0.1, 0.15) is 30.3 Å². The molecular formula is C18H19ClN6O2. The van der Waals surface area contributed by atoms with Gasteiger partial charge in [-0.2, -0.15) is 9.80 Å². The van der Waals surface area contributed by atoms with Crippen LogP contribution in [0.3, 0.4) is 0 Å². The van der Waals surface area contributed by atoms with Gasteiger partial charge in [-0.1, -0.05) is 24.9 Å². The molecular weight excluding hydrogens is 368 g/mol. The molecule has 0 radical (unpaired) electrons. The standard InChI is InChI=1S/C18H19ClN6O2/c1-4-5-14-10(2)20-18(21-16(14)26)25-17(27)15(11(3)24-25)23-22-13-8-6-12(19)7-9-13/h6-9,24H,4-5H2,1-3H3,(H,20,21,26). The van der Waals surface area contributed by atoms with Crippen molar-refractivity contribution < 1.29 is 0 Å². The van der Waals surface area contributed by atoms with Crippen molar-refractivity contribution in [2.45, 2.75) is 33.6 Å². The molecule has 3 aromatic rings. The molecule has 9 heteroatoms. The first-order valence-electron chi connectivity index (χ1n) is 8.49. The quantitative estimate of drug-likeness (QED) is 0.649. The number of aromatic nitrogens is 4. The number of hydrogen-bond donors (Lipinski definition) is 2. The summed E-state index contributed by atoms with van der Waals surface area (Å²) in [6.07, 6.45) is 1.47. The Kier molecular flexibility index (Phi) is 5.36. The molecule has 0 amide bonds. The Morgan fingerprint density at radius 3 is 2.48 bits per heavy atom. The van der Waals surface area contributed by atoms with Crippen molar-refractivity contribution in [3.8, 4) is 5.95 Å². The summed E-state index contributed by atoms with van der Waals surface area (Å²) >= 11 is 5.84. The minimum atomic E-state index is -0.448. The molecule has 2 aromatic heterocycles. The maximum atomic E-state index is 12.7. The molecule has 0 aliphatic heterocycles. The van der Waals surface area contributed by atoms with Gasteiger partial charge in [-0.25, -0.2) is 4.98 Å². The van der Waals surface area contributed by atoms with Crippen LogP contribution in [0, 0.1) is 13.8 Å². The molecule has 2 heterocycles. The zero-order chi connectivity index (χ0) is 19.6. The average molecular weight is 387 g/mol. The van der Waals surface area contributed by atoms with Gasteiger partial charge in [0.2, 0.25) is 5.95 Å². The Morgan fingerprint density at radius 2 is 1.85 bits per heavy atom. The minimum absolute atomic E-state index is 0.124. The predicted molar refractivity (Wildman–Crippen MR) is 104 cm³/mol. The van der Waals surface area contributed by atoms with Crippen LogP contribution in [-0.2, 0) is 6.42 Å². The fraction of sp³-hybridized carbons (Fsp3) is 0.278. The topological polar surface area (TPSA) is 108 Å². The monoisotopic (exact) mass is 386 g/mol. The van der Waals surface area contributed by atoms with Gasteiger partial charge in [0.1, 0.15) is 0 Å². The van der Waals surface area contributed by atoms with Crippen molar-refractivity contribution in [2.75, 3.05) is 0 Å². The summed E-state index contributed by atoms with van der Waals surface area (Å²) in [5.74, 6) is 0.124. The molecule has 0 saturated heterocycles. The number of azo groups is 1. The third-order valence-electron chi connectivity index (χ3n) is 4.05. The number of aromatic amines is 2. The van der Waals surface area contributed by atoms with Crippen LogP contribution in [0.5, 0.6) is 0 Å². The Balaban J connectivity index is 2.00. The molecule has 3 rings (SSSR count). The van der Waals surface area contributed by atoms with Gasteiger partial charge in [0.15, 0.2) is 5.69 Å². The molecule has 0 aliphatic rings. The van der Waals surface area contributed by atoms with Gasteiger partial charge < -0.3 is 0 Å². The van der Waals surface area contributed by atoms with E-state index in [1.807, 2.05) is 6.92 Å². The summed E-state index contributed by atoms with van der Waals surface area (Å²) in [4.78, 5) is 32.0. The van der Waals surface area contributed by atoms with E-state index in [-0.39, 0.29) is 17.2 Å². The zero-order valence-electron chi connectivity index (χ0n) is 15.2. The van der Waals surface area contributed by atoms with Crippen LogP contribution in [0.2, 0.25) is 5.02 Å².